The molecule has 6 heteroatoms. The van der Waals surface area contributed by atoms with Gasteiger partial charge in [0.2, 0.25) is 0 Å². The summed E-state index contributed by atoms with van der Waals surface area (Å²) < 4.78 is 11.6. The maximum atomic E-state index is 11.4. The molecule has 21 heavy (non-hydrogen) atoms. The van der Waals surface area contributed by atoms with Crippen molar-refractivity contribution in [1.29, 1.82) is 0 Å². The highest BCUT2D eigenvalue weighted by Crippen LogP contribution is 2.40. The number of fused-ring (bicyclic) bond motifs is 3. The third kappa shape index (κ3) is 1.94. The van der Waals surface area contributed by atoms with E-state index in [1.807, 2.05) is 6.07 Å². The third-order valence-electron chi connectivity index (χ3n) is 3.43. The van der Waals surface area contributed by atoms with Crippen LogP contribution in [-0.2, 0) is 11.2 Å². The molecule has 0 aromatic heterocycles. The second-order valence-corrected chi connectivity index (χ2v) is 5.64. The number of rotatable bonds is 0. The summed E-state index contributed by atoms with van der Waals surface area (Å²) in [5.41, 5.74) is 2.50. The van der Waals surface area contributed by atoms with Crippen LogP contribution in [0.25, 0.3) is 22.6 Å². The van der Waals surface area contributed by atoms with Crippen LogP contribution in [0, 0.1) is 0 Å². The zero-order valence-electron chi connectivity index (χ0n) is 10.7. The van der Waals surface area contributed by atoms with Crippen molar-refractivity contribution in [1.82, 2.24) is 4.98 Å². The van der Waals surface area contributed by atoms with Gasteiger partial charge in [-0.05, 0) is 46.1 Å². The first-order valence-electron chi connectivity index (χ1n) is 6.38. The lowest BCUT2D eigenvalue weighted by atomic mass is 10.1. The Kier molecular flexibility index (Phi) is 2.62. The van der Waals surface area contributed by atoms with E-state index in [1.165, 1.54) is 12.1 Å². The highest BCUT2D eigenvalue weighted by molar-refractivity contribution is 9.10. The largest absolute Gasteiger partial charge is 0.451 e. The monoisotopic (exact) mass is 345 g/mol. The molecular formula is C15H8BrNO4. The van der Waals surface area contributed by atoms with Gasteiger partial charge in [-0.15, -0.1) is 0 Å². The minimum atomic E-state index is -0.266. The number of halogens is 1. The molecule has 104 valence electrons. The fourth-order valence-electron chi connectivity index (χ4n) is 2.44. The van der Waals surface area contributed by atoms with E-state index in [9.17, 15) is 9.59 Å². The van der Waals surface area contributed by atoms with Gasteiger partial charge in [-0.1, -0.05) is 0 Å². The van der Waals surface area contributed by atoms with Crippen molar-refractivity contribution < 1.29 is 13.9 Å². The Bertz CT molecular complexity index is 931. The van der Waals surface area contributed by atoms with Gasteiger partial charge >= 0.3 is 5.97 Å². The highest BCUT2D eigenvalue weighted by atomic mass is 79.9. The molecule has 0 fully saturated rings. The summed E-state index contributed by atoms with van der Waals surface area (Å²) in [5.74, 6) is 0.609. The molecule has 0 unspecified atom stereocenters. The second kappa shape index (κ2) is 4.39. The van der Waals surface area contributed by atoms with E-state index < -0.39 is 0 Å². The van der Waals surface area contributed by atoms with Gasteiger partial charge < -0.3 is 9.15 Å². The van der Waals surface area contributed by atoms with Gasteiger partial charge in [-0.2, -0.15) is 0 Å². The molecule has 2 aliphatic heterocycles. The Balaban J connectivity index is 2.08. The van der Waals surface area contributed by atoms with Crippen LogP contribution in [0.1, 0.15) is 12.0 Å². The first kappa shape index (κ1) is 12.5. The second-order valence-electron chi connectivity index (χ2n) is 4.84. The van der Waals surface area contributed by atoms with E-state index in [0.29, 0.717) is 45.6 Å². The molecule has 1 aromatic carbocycles. The number of ether oxygens (including phenoxy) is 1. The van der Waals surface area contributed by atoms with Crippen molar-refractivity contribution >= 4 is 33.0 Å². The number of hydrogen-bond acceptors (Lipinski definition) is 5. The summed E-state index contributed by atoms with van der Waals surface area (Å²) in [6.07, 6.45) is 0.969. The van der Waals surface area contributed by atoms with Gasteiger partial charge in [-0.3, -0.25) is 9.59 Å². The van der Waals surface area contributed by atoms with Crippen LogP contribution in [0.2, 0.25) is 0 Å². The van der Waals surface area contributed by atoms with E-state index in [-0.39, 0.29) is 11.4 Å². The Morgan fingerprint density at radius 1 is 1.14 bits per heavy atom. The number of hydrogen-bond donors (Lipinski definition) is 0. The van der Waals surface area contributed by atoms with E-state index in [1.54, 1.807) is 6.07 Å². The third-order valence-corrected chi connectivity index (χ3v) is 4.15. The maximum absolute atomic E-state index is 11.4. The lowest BCUT2D eigenvalue weighted by Crippen LogP contribution is -2.16. The smallest absolute Gasteiger partial charge is 0.311 e. The fraction of sp³-hybridized carbons (Fsp3) is 0.133. The summed E-state index contributed by atoms with van der Waals surface area (Å²) in [6, 6.07) is 6.33. The lowest BCUT2D eigenvalue weighted by molar-refractivity contribution is -0.135. The summed E-state index contributed by atoms with van der Waals surface area (Å²) >= 11 is 3.41. The van der Waals surface area contributed by atoms with E-state index in [2.05, 4.69) is 20.9 Å². The number of nitrogens with zero attached hydrogens (tertiary/aromatic N) is 1. The lowest BCUT2D eigenvalue weighted by Gasteiger charge is -2.18. The van der Waals surface area contributed by atoms with Gasteiger partial charge in [0.15, 0.2) is 22.5 Å². The number of benzene rings is 2. The Morgan fingerprint density at radius 3 is 2.86 bits per heavy atom. The average Bonchev–Trinajstić information content (AvgIpc) is 2.47. The van der Waals surface area contributed by atoms with Crippen molar-refractivity contribution in [3.63, 3.8) is 0 Å². The number of esters is 1. The zero-order chi connectivity index (χ0) is 14.6. The molecule has 0 N–H and O–H groups in total. The minimum absolute atomic E-state index is 0.145. The molecule has 0 bridgehead atoms. The summed E-state index contributed by atoms with van der Waals surface area (Å²) in [7, 11) is 0. The fourth-order valence-corrected chi connectivity index (χ4v) is 3.06. The molecule has 2 heterocycles. The van der Waals surface area contributed by atoms with E-state index in [0.717, 1.165) is 5.56 Å². The van der Waals surface area contributed by atoms with Gasteiger partial charge in [0, 0.05) is 6.07 Å². The number of aryl methyl sites for hydroxylation is 1. The Morgan fingerprint density at radius 2 is 2.00 bits per heavy atom. The van der Waals surface area contributed by atoms with Crippen LogP contribution in [0.15, 0.2) is 37.9 Å². The predicted octanol–water partition coefficient (Wildman–Crippen LogP) is 2.91. The van der Waals surface area contributed by atoms with Crippen LogP contribution in [-0.4, -0.2) is 11.0 Å². The topological polar surface area (TPSA) is 69.4 Å². The maximum Gasteiger partial charge on any atom is 0.311 e. The molecule has 0 amide bonds. The molecule has 0 spiro atoms. The van der Waals surface area contributed by atoms with Crippen molar-refractivity contribution in [3.05, 3.63) is 44.5 Å². The zero-order valence-corrected chi connectivity index (χ0v) is 12.3. The van der Waals surface area contributed by atoms with Crippen LogP contribution in [0.4, 0.5) is 0 Å². The molecule has 1 aromatic rings. The van der Waals surface area contributed by atoms with Crippen molar-refractivity contribution in [2.24, 2.45) is 0 Å². The van der Waals surface area contributed by atoms with Gasteiger partial charge in [0.1, 0.15) is 15.7 Å². The molecular weight excluding hydrogens is 338 g/mol. The van der Waals surface area contributed by atoms with Gasteiger partial charge in [-0.25, -0.2) is 4.98 Å². The number of carbonyl (C=O) groups excluding carboxylic acids is 1. The summed E-state index contributed by atoms with van der Waals surface area (Å²) in [4.78, 5) is 27.4. The Hall–Kier alpha value is -2.21. The van der Waals surface area contributed by atoms with Crippen LogP contribution in [0.5, 0.6) is 5.75 Å². The molecule has 0 atom stereocenters. The standard InChI is InChI=1S/C15H8BrNO4/c16-13-14-7(1-4-12(19)21-14)5-10-15(13)20-11-6-8(18)2-3-9(11)17-10/h2-3,5-6H,1,4H2. The number of carbonyl (C=O) groups is 1. The van der Waals surface area contributed by atoms with Gasteiger partial charge in [0.25, 0.3) is 0 Å². The number of aromatic nitrogens is 1. The first-order valence-corrected chi connectivity index (χ1v) is 7.18. The normalized spacial score (nSPS) is 14.2. The molecule has 1 aliphatic carbocycles. The molecule has 0 saturated carbocycles. The first-order chi connectivity index (χ1) is 10.1. The van der Waals surface area contributed by atoms with Crippen LogP contribution in [0.3, 0.4) is 0 Å². The van der Waals surface area contributed by atoms with Crippen molar-refractivity contribution in [2.75, 3.05) is 0 Å². The molecule has 5 nitrogen and oxygen atoms in total. The summed E-state index contributed by atoms with van der Waals surface area (Å²) in [6.45, 7) is 0. The average molecular weight is 346 g/mol. The van der Waals surface area contributed by atoms with Crippen molar-refractivity contribution in [3.8, 4) is 17.2 Å². The Labute approximate surface area is 127 Å². The highest BCUT2D eigenvalue weighted by Gasteiger charge is 2.24. The van der Waals surface area contributed by atoms with Gasteiger partial charge in [0.05, 0.1) is 6.42 Å². The minimum Gasteiger partial charge on any atom is -0.451 e. The molecule has 0 radical (unpaired) electrons. The van der Waals surface area contributed by atoms with Crippen LogP contribution >= 0.6 is 15.9 Å². The molecule has 3 aliphatic rings. The predicted molar refractivity (Wildman–Crippen MR) is 78.6 cm³/mol. The van der Waals surface area contributed by atoms with Crippen molar-refractivity contribution in [2.45, 2.75) is 12.8 Å². The summed E-state index contributed by atoms with van der Waals surface area (Å²) in [5, 5.41) is 0. The SMILES string of the molecule is O=C1CCc2cc3nc4ccc(=O)cc-4oc3c(Br)c2O1. The van der Waals surface area contributed by atoms with E-state index in [4.69, 9.17) is 9.15 Å². The molecule has 4 rings (SSSR count). The van der Waals surface area contributed by atoms with E-state index >= 15 is 0 Å². The quantitative estimate of drug-likeness (QED) is 0.356. The molecule has 0 saturated heterocycles. The van der Waals surface area contributed by atoms with Crippen LogP contribution < -0.4 is 10.2 Å².